The van der Waals surface area contributed by atoms with Gasteiger partial charge >= 0.3 is 5.97 Å². The molecule has 1 amide bonds. The molecule has 20 heavy (non-hydrogen) atoms. The minimum Gasteiger partial charge on any atom is -0.481 e. The molecular formula is C14H21N3O3. The van der Waals surface area contributed by atoms with Crippen LogP contribution in [0.3, 0.4) is 0 Å². The molecule has 1 N–H and O–H groups in total. The van der Waals surface area contributed by atoms with Crippen molar-refractivity contribution < 1.29 is 14.7 Å². The van der Waals surface area contributed by atoms with E-state index in [1.54, 1.807) is 15.6 Å². The summed E-state index contributed by atoms with van der Waals surface area (Å²) in [7, 11) is 1.81. The first kappa shape index (κ1) is 14.6. The van der Waals surface area contributed by atoms with Gasteiger partial charge in [0.25, 0.3) is 5.91 Å². The highest BCUT2D eigenvalue weighted by atomic mass is 16.4. The van der Waals surface area contributed by atoms with Gasteiger partial charge in [0.1, 0.15) is 0 Å². The Labute approximate surface area is 118 Å². The topological polar surface area (TPSA) is 75.4 Å². The second-order valence-electron chi connectivity index (χ2n) is 5.38. The van der Waals surface area contributed by atoms with Crippen LogP contribution in [0.4, 0.5) is 0 Å². The summed E-state index contributed by atoms with van der Waals surface area (Å²) in [5.74, 6) is -0.888. The third-order valence-corrected chi connectivity index (χ3v) is 3.91. The van der Waals surface area contributed by atoms with Crippen molar-refractivity contribution in [2.24, 2.45) is 7.05 Å². The molecule has 0 radical (unpaired) electrons. The van der Waals surface area contributed by atoms with Crippen molar-refractivity contribution in [3.8, 4) is 0 Å². The van der Waals surface area contributed by atoms with Crippen LogP contribution in [0.1, 0.15) is 48.3 Å². The number of carbonyl (C=O) groups excluding carboxylic acids is 1. The maximum Gasteiger partial charge on any atom is 0.303 e. The number of aromatic nitrogens is 2. The summed E-state index contributed by atoms with van der Waals surface area (Å²) in [4.78, 5) is 25.0. The molecule has 1 aromatic heterocycles. The van der Waals surface area contributed by atoms with E-state index in [0.29, 0.717) is 18.7 Å². The lowest BCUT2D eigenvalue weighted by Gasteiger charge is -2.35. The van der Waals surface area contributed by atoms with Crippen molar-refractivity contribution in [2.45, 2.75) is 45.1 Å². The van der Waals surface area contributed by atoms with Crippen molar-refractivity contribution in [3.63, 3.8) is 0 Å². The zero-order valence-corrected chi connectivity index (χ0v) is 12.0. The van der Waals surface area contributed by atoms with E-state index in [1.165, 1.54) is 0 Å². The third kappa shape index (κ3) is 3.18. The van der Waals surface area contributed by atoms with Gasteiger partial charge in [-0.25, -0.2) is 0 Å². The lowest BCUT2D eigenvalue weighted by Crippen LogP contribution is -2.44. The van der Waals surface area contributed by atoms with E-state index in [9.17, 15) is 9.59 Å². The van der Waals surface area contributed by atoms with Crippen LogP contribution in [0.25, 0.3) is 0 Å². The van der Waals surface area contributed by atoms with E-state index in [4.69, 9.17) is 5.11 Å². The van der Waals surface area contributed by atoms with Crippen molar-refractivity contribution in [1.29, 1.82) is 0 Å². The Bertz CT molecular complexity index is 490. The Hall–Kier alpha value is -1.85. The Balaban J connectivity index is 2.10. The normalized spacial score (nSPS) is 19.1. The van der Waals surface area contributed by atoms with Crippen LogP contribution in [0.15, 0.2) is 6.07 Å². The van der Waals surface area contributed by atoms with Crippen molar-refractivity contribution in [3.05, 3.63) is 17.5 Å². The molecule has 2 rings (SSSR count). The molecule has 1 aliphatic rings. The summed E-state index contributed by atoms with van der Waals surface area (Å²) in [6.07, 6.45) is 3.53. The van der Waals surface area contributed by atoms with E-state index < -0.39 is 5.97 Å². The molecule has 1 fully saturated rings. The van der Waals surface area contributed by atoms with Gasteiger partial charge in [-0.3, -0.25) is 14.3 Å². The number of aryl methyl sites for hydroxylation is 2. The number of hydrogen-bond acceptors (Lipinski definition) is 3. The first-order valence-corrected chi connectivity index (χ1v) is 7.02. The molecule has 0 aliphatic carbocycles. The smallest absolute Gasteiger partial charge is 0.303 e. The zero-order valence-electron chi connectivity index (χ0n) is 12.0. The molecule has 6 heteroatoms. The molecule has 1 aromatic rings. The van der Waals surface area contributed by atoms with Gasteiger partial charge < -0.3 is 10.0 Å². The second-order valence-corrected chi connectivity index (χ2v) is 5.38. The van der Waals surface area contributed by atoms with E-state index in [1.807, 2.05) is 14.0 Å². The van der Waals surface area contributed by atoms with Crippen LogP contribution in [-0.2, 0) is 11.8 Å². The number of aliphatic carboxylic acids is 1. The highest BCUT2D eigenvalue weighted by Crippen LogP contribution is 2.23. The average Bonchev–Trinajstić information content (AvgIpc) is 2.76. The fourth-order valence-corrected chi connectivity index (χ4v) is 2.67. The number of likely N-dealkylation sites (tertiary alicyclic amines) is 1. The van der Waals surface area contributed by atoms with Crippen LogP contribution in [-0.4, -0.2) is 44.3 Å². The van der Waals surface area contributed by atoms with Gasteiger partial charge in [0.05, 0.1) is 0 Å². The monoisotopic (exact) mass is 279 g/mol. The third-order valence-electron chi connectivity index (χ3n) is 3.91. The second kappa shape index (κ2) is 6.07. The molecule has 1 atom stereocenters. The standard InChI is InChI=1S/C14H21N3O3/c1-10-9-12(15-16(10)2)14(20)17-8-4-3-5-11(17)6-7-13(18)19/h9,11H,3-8H2,1-2H3,(H,18,19). The highest BCUT2D eigenvalue weighted by Gasteiger charge is 2.29. The number of carboxylic acids is 1. The Morgan fingerprint density at radius 3 is 2.80 bits per heavy atom. The molecule has 0 aromatic carbocycles. The van der Waals surface area contributed by atoms with E-state index in [2.05, 4.69) is 5.10 Å². The molecule has 0 bridgehead atoms. The molecule has 1 unspecified atom stereocenters. The van der Waals surface area contributed by atoms with Gasteiger partial charge in [-0.15, -0.1) is 0 Å². The minimum absolute atomic E-state index is 0.0228. The summed E-state index contributed by atoms with van der Waals surface area (Å²) in [5.41, 5.74) is 1.39. The lowest BCUT2D eigenvalue weighted by molar-refractivity contribution is -0.137. The number of carboxylic acid groups (broad SMARTS) is 1. The predicted molar refractivity (Wildman–Crippen MR) is 73.5 cm³/mol. The van der Waals surface area contributed by atoms with Gasteiger partial charge in [0.15, 0.2) is 5.69 Å². The van der Waals surface area contributed by atoms with Crippen LogP contribution < -0.4 is 0 Å². The van der Waals surface area contributed by atoms with Gasteiger partial charge in [0, 0.05) is 31.7 Å². The SMILES string of the molecule is Cc1cc(C(=O)N2CCCCC2CCC(=O)O)nn1C. The van der Waals surface area contributed by atoms with Crippen molar-refractivity contribution >= 4 is 11.9 Å². The number of nitrogens with zero attached hydrogens (tertiary/aromatic N) is 3. The van der Waals surface area contributed by atoms with E-state index in [0.717, 1.165) is 25.0 Å². The highest BCUT2D eigenvalue weighted by molar-refractivity contribution is 5.92. The predicted octanol–water partition coefficient (Wildman–Crippen LogP) is 1.59. The number of rotatable bonds is 4. The quantitative estimate of drug-likeness (QED) is 0.908. The lowest BCUT2D eigenvalue weighted by atomic mass is 9.97. The van der Waals surface area contributed by atoms with Crippen LogP contribution in [0.2, 0.25) is 0 Å². The number of hydrogen-bond donors (Lipinski definition) is 1. The molecule has 1 saturated heterocycles. The average molecular weight is 279 g/mol. The molecule has 1 aliphatic heterocycles. The minimum atomic E-state index is -0.809. The Kier molecular flexibility index (Phi) is 4.42. The first-order valence-electron chi connectivity index (χ1n) is 7.02. The first-order chi connectivity index (χ1) is 9.49. The van der Waals surface area contributed by atoms with Gasteiger partial charge in [0.2, 0.25) is 0 Å². The summed E-state index contributed by atoms with van der Waals surface area (Å²) in [6.45, 7) is 2.60. The van der Waals surface area contributed by atoms with E-state index in [-0.39, 0.29) is 18.4 Å². The summed E-state index contributed by atoms with van der Waals surface area (Å²) in [6, 6.07) is 1.81. The number of piperidine rings is 1. The van der Waals surface area contributed by atoms with Gasteiger partial charge in [-0.05, 0) is 38.7 Å². The molecule has 0 saturated carbocycles. The molecule has 110 valence electrons. The molecular weight excluding hydrogens is 258 g/mol. The Morgan fingerprint density at radius 1 is 1.45 bits per heavy atom. The summed E-state index contributed by atoms with van der Waals surface area (Å²) >= 11 is 0. The summed E-state index contributed by atoms with van der Waals surface area (Å²) < 4.78 is 1.68. The zero-order chi connectivity index (χ0) is 14.7. The van der Waals surface area contributed by atoms with E-state index >= 15 is 0 Å². The van der Waals surface area contributed by atoms with Gasteiger partial charge in [-0.1, -0.05) is 0 Å². The maximum atomic E-state index is 12.5. The fraction of sp³-hybridized carbons (Fsp3) is 0.643. The number of carbonyl (C=O) groups is 2. The maximum absolute atomic E-state index is 12.5. The molecule has 0 spiro atoms. The summed E-state index contributed by atoms with van der Waals surface area (Å²) in [5, 5.41) is 13.0. The van der Waals surface area contributed by atoms with Crippen molar-refractivity contribution in [1.82, 2.24) is 14.7 Å². The molecule has 6 nitrogen and oxygen atoms in total. The largest absolute Gasteiger partial charge is 0.481 e. The van der Waals surface area contributed by atoms with Crippen LogP contribution >= 0.6 is 0 Å². The number of amides is 1. The van der Waals surface area contributed by atoms with Crippen LogP contribution in [0, 0.1) is 6.92 Å². The Morgan fingerprint density at radius 2 is 2.20 bits per heavy atom. The van der Waals surface area contributed by atoms with Gasteiger partial charge in [-0.2, -0.15) is 5.10 Å². The van der Waals surface area contributed by atoms with Crippen LogP contribution in [0.5, 0.6) is 0 Å². The fourth-order valence-electron chi connectivity index (χ4n) is 2.67. The van der Waals surface area contributed by atoms with Crippen molar-refractivity contribution in [2.75, 3.05) is 6.54 Å². The molecule has 2 heterocycles.